The van der Waals surface area contributed by atoms with E-state index in [1.54, 1.807) is 7.05 Å². The fourth-order valence-electron chi connectivity index (χ4n) is 0.752. The van der Waals surface area contributed by atoms with Gasteiger partial charge in [-0.15, -0.1) is 0 Å². The number of rotatable bonds is 3. The third kappa shape index (κ3) is 3.93. The van der Waals surface area contributed by atoms with Crippen LogP contribution in [0.1, 0.15) is 13.8 Å². The van der Waals surface area contributed by atoms with Crippen molar-refractivity contribution >= 4 is 23.1 Å². The monoisotopic (exact) mass is 174 g/mol. The predicted molar refractivity (Wildman–Crippen MR) is 49.3 cm³/mol. The molecule has 0 aromatic heterocycles. The SMILES string of the molecule is CC(C)C(=O)N(C)CC(N)=S. The molecule has 0 unspecified atom stereocenters. The number of carbonyl (C=O) groups excluding carboxylic acids is 1. The van der Waals surface area contributed by atoms with Crippen LogP contribution in [-0.4, -0.2) is 29.4 Å². The van der Waals surface area contributed by atoms with E-state index in [2.05, 4.69) is 12.2 Å². The second-order valence-corrected chi connectivity index (χ2v) is 3.34. The number of hydrogen-bond donors (Lipinski definition) is 1. The minimum Gasteiger partial charge on any atom is -0.392 e. The Bertz CT molecular complexity index is 168. The number of hydrogen-bond acceptors (Lipinski definition) is 2. The Hall–Kier alpha value is -0.640. The first kappa shape index (κ1) is 10.4. The highest BCUT2D eigenvalue weighted by Gasteiger charge is 2.12. The van der Waals surface area contributed by atoms with Crippen LogP contribution in [-0.2, 0) is 4.79 Å². The lowest BCUT2D eigenvalue weighted by molar-refractivity contribution is -0.132. The van der Waals surface area contributed by atoms with Crippen molar-refractivity contribution in [1.29, 1.82) is 0 Å². The van der Waals surface area contributed by atoms with E-state index < -0.39 is 0 Å². The van der Waals surface area contributed by atoms with Crippen molar-refractivity contribution < 1.29 is 4.79 Å². The van der Waals surface area contributed by atoms with Gasteiger partial charge in [-0.25, -0.2) is 0 Å². The lowest BCUT2D eigenvalue weighted by Gasteiger charge is -2.17. The lowest BCUT2D eigenvalue weighted by Crippen LogP contribution is -2.36. The van der Waals surface area contributed by atoms with Gasteiger partial charge in [-0.05, 0) is 0 Å². The maximum Gasteiger partial charge on any atom is 0.225 e. The summed E-state index contributed by atoms with van der Waals surface area (Å²) in [6, 6.07) is 0. The van der Waals surface area contributed by atoms with Gasteiger partial charge in [0.05, 0.1) is 11.5 Å². The largest absolute Gasteiger partial charge is 0.392 e. The maximum atomic E-state index is 11.2. The Morgan fingerprint density at radius 1 is 1.64 bits per heavy atom. The molecule has 0 saturated carbocycles. The Morgan fingerprint density at radius 2 is 2.09 bits per heavy atom. The molecule has 3 nitrogen and oxygen atoms in total. The zero-order chi connectivity index (χ0) is 9.02. The molecule has 11 heavy (non-hydrogen) atoms. The lowest BCUT2D eigenvalue weighted by atomic mass is 10.2. The summed E-state index contributed by atoms with van der Waals surface area (Å²) in [6.45, 7) is 4.06. The molecule has 2 N–H and O–H groups in total. The van der Waals surface area contributed by atoms with Gasteiger partial charge in [-0.3, -0.25) is 4.79 Å². The zero-order valence-electron chi connectivity index (χ0n) is 7.13. The molecule has 4 heteroatoms. The van der Waals surface area contributed by atoms with Crippen molar-refractivity contribution in [2.45, 2.75) is 13.8 Å². The van der Waals surface area contributed by atoms with Crippen LogP contribution < -0.4 is 5.73 Å². The average molecular weight is 174 g/mol. The first-order valence-corrected chi connectivity index (χ1v) is 3.89. The summed E-state index contributed by atoms with van der Waals surface area (Å²) in [5.41, 5.74) is 5.27. The Kier molecular flexibility index (Phi) is 4.03. The molecule has 1 amide bonds. The summed E-state index contributed by atoms with van der Waals surface area (Å²) in [7, 11) is 1.70. The van der Waals surface area contributed by atoms with Crippen molar-refractivity contribution in [3.8, 4) is 0 Å². The van der Waals surface area contributed by atoms with Crippen molar-refractivity contribution in [3.63, 3.8) is 0 Å². The van der Waals surface area contributed by atoms with Crippen LogP contribution in [0.3, 0.4) is 0 Å². The normalized spacial score (nSPS) is 9.82. The van der Waals surface area contributed by atoms with Crippen molar-refractivity contribution in [3.05, 3.63) is 0 Å². The van der Waals surface area contributed by atoms with Gasteiger partial charge < -0.3 is 10.6 Å². The van der Waals surface area contributed by atoms with Gasteiger partial charge in [0.25, 0.3) is 0 Å². The molecule has 0 heterocycles. The molecule has 0 radical (unpaired) electrons. The topological polar surface area (TPSA) is 46.3 Å². The highest BCUT2D eigenvalue weighted by molar-refractivity contribution is 7.80. The fraction of sp³-hybridized carbons (Fsp3) is 0.714. The molecule has 0 aromatic carbocycles. The van der Waals surface area contributed by atoms with Gasteiger partial charge in [0.2, 0.25) is 5.91 Å². The number of likely N-dealkylation sites (N-methyl/N-ethyl adjacent to an activating group) is 1. The molecule has 0 saturated heterocycles. The standard InChI is InChI=1S/C7H14N2OS/c1-5(2)7(10)9(3)4-6(8)11/h5H,4H2,1-3H3,(H2,8,11). The van der Waals surface area contributed by atoms with Gasteiger partial charge in [-0.2, -0.15) is 0 Å². The molecule has 0 aromatic rings. The first-order chi connectivity index (χ1) is 4.95. The molecule has 64 valence electrons. The molecular formula is C7H14N2OS. The highest BCUT2D eigenvalue weighted by Crippen LogP contribution is 1.97. The molecule has 0 aliphatic rings. The van der Waals surface area contributed by atoms with E-state index in [9.17, 15) is 4.79 Å². The third-order valence-corrected chi connectivity index (χ3v) is 1.39. The zero-order valence-corrected chi connectivity index (χ0v) is 7.94. The Labute approximate surface area is 72.5 Å². The smallest absolute Gasteiger partial charge is 0.225 e. The summed E-state index contributed by atoms with van der Waals surface area (Å²) < 4.78 is 0. The number of amides is 1. The van der Waals surface area contributed by atoms with E-state index in [4.69, 9.17) is 5.73 Å². The Morgan fingerprint density at radius 3 is 2.36 bits per heavy atom. The van der Waals surface area contributed by atoms with Gasteiger partial charge in [0, 0.05) is 13.0 Å². The van der Waals surface area contributed by atoms with E-state index in [0.717, 1.165) is 0 Å². The van der Waals surface area contributed by atoms with Crippen LogP contribution in [0.4, 0.5) is 0 Å². The predicted octanol–water partition coefficient (Wildman–Crippen LogP) is 0.387. The van der Waals surface area contributed by atoms with Gasteiger partial charge in [0.15, 0.2) is 0 Å². The average Bonchev–Trinajstić information content (AvgIpc) is 1.84. The second-order valence-electron chi connectivity index (χ2n) is 2.82. The number of nitrogens with two attached hydrogens (primary N) is 1. The van der Waals surface area contributed by atoms with E-state index in [1.807, 2.05) is 13.8 Å². The van der Waals surface area contributed by atoms with Crippen molar-refractivity contribution in [2.75, 3.05) is 13.6 Å². The van der Waals surface area contributed by atoms with E-state index >= 15 is 0 Å². The number of carbonyl (C=O) groups is 1. The molecule has 0 atom stereocenters. The number of thiocarbonyl (C=S) groups is 1. The molecule has 0 fully saturated rings. The van der Waals surface area contributed by atoms with Crippen molar-refractivity contribution in [2.24, 2.45) is 11.7 Å². The highest BCUT2D eigenvalue weighted by atomic mass is 32.1. The summed E-state index contributed by atoms with van der Waals surface area (Å²) in [6.07, 6.45) is 0. The van der Waals surface area contributed by atoms with Crippen molar-refractivity contribution in [1.82, 2.24) is 4.90 Å². The van der Waals surface area contributed by atoms with Crippen LogP contribution >= 0.6 is 12.2 Å². The summed E-state index contributed by atoms with van der Waals surface area (Å²) in [5, 5.41) is 0. The molecule has 0 aliphatic heterocycles. The van der Waals surface area contributed by atoms with E-state index in [1.165, 1.54) is 4.90 Å². The van der Waals surface area contributed by atoms with E-state index in [0.29, 0.717) is 11.5 Å². The Balaban J connectivity index is 3.93. The molecule has 0 rings (SSSR count). The van der Waals surface area contributed by atoms with Crippen LogP contribution in [0.2, 0.25) is 0 Å². The van der Waals surface area contributed by atoms with Gasteiger partial charge in [-0.1, -0.05) is 26.1 Å². The summed E-state index contributed by atoms with van der Waals surface area (Å²) in [5.74, 6) is 0.0761. The minimum absolute atomic E-state index is 0.00866. The van der Waals surface area contributed by atoms with Crippen LogP contribution in [0.15, 0.2) is 0 Å². The molecular weight excluding hydrogens is 160 g/mol. The fourth-order valence-corrected chi connectivity index (χ4v) is 0.946. The molecule has 0 aliphatic carbocycles. The summed E-state index contributed by atoms with van der Waals surface area (Å²) in [4.78, 5) is 13.1. The van der Waals surface area contributed by atoms with Crippen LogP contribution in [0, 0.1) is 5.92 Å². The number of nitrogens with zero attached hydrogens (tertiary/aromatic N) is 1. The third-order valence-electron chi connectivity index (χ3n) is 1.26. The summed E-state index contributed by atoms with van der Waals surface area (Å²) >= 11 is 4.66. The van der Waals surface area contributed by atoms with Gasteiger partial charge >= 0.3 is 0 Å². The molecule has 0 spiro atoms. The van der Waals surface area contributed by atoms with Crippen LogP contribution in [0.5, 0.6) is 0 Å². The van der Waals surface area contributed by atoms with E-state index in [-0.39, 0.29) is 11.8 Å². The second kappa shape index (κ2) is 4.28. The minimum atomic E-state index is 0.00866. The maximum absolute atomic E-state index is 11.2. The van der Waals surface area contributed by atoms with Crippen LogP contribution in [0.25, 0.3) is 0 Å². The van der Waals surface area contributed by atoms with Gasteiger partial charge in [0.1, 0.15) is 0 Å². The quantitative estimate of drug-likeness (QED) is 0.629. The first-order valence-electron chi connectivity index (χ1n) is 3.48. The molecule has 0 bridgehead atoms.